The fraction of sp³-hybridized carbons (Fsp3) is 0.615. The van der Waals surface area contributed by atoms with Gasteiger partial charge < -0.3 is 15.3 Å². The van der Waals surface area contributed by atoms with E-state index in [1.807, 2.05) is 12.3 Å². The molecule has 1 aliphatic heterocycles. The van der Waals surface area contributed by atoms with Crippen molar-refractivity contribution >= 4 is 5.82 Å². The molecule has 1 unspecified atom stereocenters. The van der Waals surface area contributed by atoms with Gasteiger partial charge in [0.25, 0.3) is 0 Å². The summed E-state index contributed by atoms with van der Waals surface area (Å²) < 4.78 is 0. The number of rotatable bonds is 5. The van der Waals surface area contributed by atoms with Gasteiger partial charge in [0.1, 0.15) is 5.82 Å². The number of pyridine rings is 1. The van der Waals surface area contributed by atoms with Crippen LogP contribution in [-0.4, -0.2) is 42.4 Å². The van der Waals surface area contributed by atoms with Crippen molar-refractivity contribution in [2.24, 2.45) is 0 Å². The van der Waals surface area contributed by atoms with Gasteiger partial charge in [-0.1, -0.05) is 0 Å². The van der Waals surface area contributed by atoms with Crippen molar-refractivity contribution in [1.82, 2.24) is 10.3 Å². The lowest BCUT2D eigenvalue weighted by molar-refractivity contribution is 0.300. The standard InChI is InChI=1S/C13H21N3O/c1-11-4-6-15-13(9-11)16(7-8-17)10-12-3-2-5-14-12/h4,6,9,12,14,17H,2-3,5,7-8,10H2,1H3. The van der Waals surface area contributed by atoms with Crippen LogP contribution in [0.25, 0.3) is 0 Å². The van der Waals surface area contributed by atoms with E-state index in [9.17, 15) is 0 Å². The van der Waals surface area contributed by atoms with Crippen LogP contribution in [0.15, 0.2) is 18.3 Å². The van der Waals surface area contributed by atoms with Crippen molar-refractivity contribution in [1.29, 1.82) is 0 Å². The third-order valence-corrected chi connectivity index (χ3v) is 3.20. The number of nitrogens with zero attached hydrogens (tertiary/aromatic N) is 2. The molecule has 0 radical (unpaired) electrons. The Labute approximate surface area is 103 Å². The molecule has 1 atom stereocenters. The Morgan fingerprint density at radius 2 is 2.47 bits per heavy atom. The van der Waals surface area contributed by atoms with Crippen LogP contribution < -0.4 is 10.2 Å². The first-order valence-corrected chi connectivity index (χ1v) is 6.31. The SMILES string of the molecule is Cc1ccnc(N(CCO)CC2CCCN2)c1. The van der Waals surface area contributed by atoms with E-state index in [0.29, 0.717) is 12.6 Å². The second-order valence-electron chi connectivity index (χ2n) is 4.65. The lowest BCUT2D eigenvalue weighted by Crippen LogP contribution is -2.39. The molecule has 4 nitrogen and oxygen atoms in total. The molecule has 0 bridgehead atoms. The number of aliphatic hydroxyl groups excluding tert-OH is 1. The van der Waals surface area contributed by atoms with E-state index in [0.717, 1.165) is 18.9 Å². The molecule has 2 rings (SSSR count). The average Bonchev–Trinajstić information content (AvgIpc) is 2.81. The summed E-state index contributed by atoms with van der Waals surface area (Å²) in [6, 6.07) is 4.60. The Kier molecular flexibility index (Phi) is 4.34. The minimum Gasteiger partial charge on any atom is -0.395 e. The fourth-order valence-electron chi connectivity index (χ4n) is 2.29. The second kappa shape index (κ2) is 5.98. The van der Waals surface area contributed by atoms with Crippen LogP contribution in [0.3, 0.4) is 0 Å². The molecule has 0 spiro atoms. The van der Waals surface area contributed by atoms with Crippen LogP contribution in [0.4, 0.5) is 5.82 Å². The summed E-state index contributed by atoms with van der Waals surface area (Å²) in [6.45, 7) is 4.92. The van der Waals surface area contributed by atoms with E-state index >= 15 is 0 Å². The van der Waals surface area contributed by atoms with Gasteiger partial charge in [0, 0.05) is 25.3 Å². The van der Waals surface area contributed by atoms with Crippen LogP contribution in [0.2, 0.25) is 0 Å². The van der Waals surface area contributed by atoms with Gasteiger partial charge in [-0.15, -0.1) is 0 Å². The van der Waals surface area contributed by atoms with Gasteiger partial charge in [-0.2, -0.15) is 0 Å². The topological polar surface area (TPSA) is 48.4 Å². The third kappa shape index (κ3) is 3.41. The van der Waals surface area contributed by atoms with Crippen molar-refractivity contribution in [3.63, 3.8) is 0 Å². The maximum Gasteiger partial charge on any atom is 0.128 e. The monoisotopic (exact) mass is 235 g/mol. The highest BCUT2D eigenvalue weighted by Gasteiger charge is 2.18. The predicted molar refractivity (Wildman–Crippen MR) is 69.3 cm³/mol. The molecule has 2 N–H and O–H groups in total. The minimum absolute atomic E-state index is 0.169. The van der Waals surface area contributed by atoms with E-state index in [2.05, 4.69) is 28.2 Å². The summed E-state index contributed by atoms with van der Waals surface area (Å²) in [7, 11) is 0. The van der Waals surface area contributed by atoms with Crippen molar-refractivity contribution in [3.8, 4) is 0 Å². The Morgan fingerprint density at radius 3 is 3.12 bits per heavy atom. The average molecular weight is 235 g/mol. The van der Waals surface area contributed by atoms with Gasteiger partial charge >= 0.3 is 0 Å². The first-order chi connectivity index (χ1) is 8.29. The number of anilines is 1. The number of aryl methyl sites for hydroxylation is 1. The second-order valence-corrected chi connectivity index (χ2v) is 4.65. The van der Waals surface area contributed by atoms with Crippen molar-refractivity contribution in [2.45, 2.75) is 25.8 Å². The number of hydrogen-bond acceptors (Lipinski definition) is 4. The lowest BCUT2D eigenvalue weighted by Gasteiger charge is -2.26. The molecule has 4 heteroatoms. The number of aliphatic hydroxyl groups is 1. The molecule has 1 saturated heterocycles. The molecule has 94 valence electrons. The molecule has 0 saturated carbocycles. The predicted octanol–water partition coefficient (Wildman–Crippen LogP) is 0.941. The van der Waals surface area contributed by atoms with Gasteiger partial charge in [0.2, 0.25) is 0 Å². The summed E-state index contributed by atoms with van der Waals surface area (Å²) in [5, 5.41) is 12.6. The minimum atomic E-state index is 0.169. The molecular formula is C13H21N3O. The maximum absolute atomic E-state index is 9.15. The van der Waals surface area contributed by atoms with Crippen molar-refractivity contribution in [2.75, 3.05) is 31.1 Å². The van der Waals surface area contributed by atoms with E-state index < -0.39 is 0 Å². The molecule has 0 aliphatic carbocycles. The van der Waals surface area contributed by atoms with Crippen molar-refractivity contribution in [3.05, 3.63) is 23.9 Å². The zero-order valence-electron chi connectivity index (χ0n) is 10.4. The van der Waals surface area contributed by atoms with Crippen molar-refractivity contribution < 1.29 is 5.11 Å². The van der Waals surface area contributed by atoms with Crippen LogP contribution in [-0.2, 0) is 0 Å². The summed E-state index contributed by atoms with van der Waals surface area (Å²) in [4.78, 5) is 6.55. The van der Waals surface area contributed by atoms with Gasteiger partial charge in [-0.3, -0.25) is 0 Å². The highest BCUT2D eigenvalue weighted by atomic mass is 16.3. The maximum atomic E-state index is 9.15. The molecule has 17 heavy (non-hydrogen) atoms. The van der Waals surface area contributed by atoms with Gasteiger partial charge in [0.05, 0.1) is 6.61 Å². The van der Waals surface area contributed by atoms with Gasteiger partial charge in [-0.25, -0.2) is 4.98 Å². The summed E-state index contributed by atoms with van der Waals surface area (Å²) in [5.74, 6) is 0.966. The molecule has 1 fully saturated rings. The van der Waals surface area contributed by atoms with Crippen LogP contribution in [0.1, 0.15) is 18.4 Å². The van der Waals surface area contributed by atoms with E-state index in [1.54, 1.807) is 0 Å². The zero-order valence-corrected chi connectivity index (χ0v) is 10.4. The number of aromatic nitrogens is 1. The Morgan fingerprint density at radius 1 is 1.59 bits per heavy atom. The highest BCUT2D eigenvalue weighted by molar-refractivity contribution is 5.40. The lowest BCUT2D eigenvalue weighted by atomic mass is 10.2. The summed E-state index contributed by atoms with van der Waals surface area (Å²) in [6.07, 6.45) is 4.30. The summed E-state index contributed by atoms with van der Waals surface area (Å²) >= 11 is 0. The first kappa shape index (κ1) is 12.3. The van der Waals surface area contributed by atoms with Gasteiger partial charge in [-0.05, 0) is 44.0 Å². The summed E-state index contributed by atoms with van der Waals surface area (Å²) in [5.41, 5.74) is 1.21. The molecule has 0 amide bonds. The van der Waals surface area contributed by atoms with Crippen LogP contribution in [0, 0.1) is 6.92 Å². The van der Waals surface area contributed by atoms with Crippen LogP contribution >= 0.6 is 0 Å². The largest absolute Gasteiger partial charge is 0.395 e. The van der Waals surface area contributed by atoms with Crippen LogP contribution in [0.5, 0.6) is 0 Å². The van der Waals surface area contributed by atoms with E-state index in [-0.39, 0.29) is 6.61 Å². The molecule has 1 aliphatic rings. The molecular weight excluding hydrogens is 214 g/mol. The number of hydrogen-bond donors (Lipinski definition) is 2. The highest BCUT2D eigenvalue weighted by Crippen LogP contribution is 2.15. The van der Waals surface area contributed by atoms with E-state index in [1.165, 1.54) is 18.4 Å². The zero-order chi connectivity index (χ0) is 12.1. The van der Waals surface area contributed by atoms with Gasteiger partial charge in [0.15, 0.2) is 0 Å². The normalized spacial score (nSPS) is 19.5. The molecule has 2 heterocycles. The molecule has 1 aromatic rings. The van der Waals surface area contributed by atoms with E-state index in [4.69, 9.17) is 5.11 Å². The fourth-order valence-corrected chi connectivity index (χ4v) is 2.29. The molecule has 0 aromatic carbocycles. The third-order valence-electron chi connectivity index (χ3n) is 3.20. The Bertz CT molecular complexity index is 350. The Balaban J connectivity index is 2.04. The number of nitrogens with one attached hydrogen (secondary N) is 1. The first-order valence-electron chi connectivity index (χ1n) is 6.31. The molecule has 1 aromatic heterocycles. The quantitative estimate of drug-likeness (QED) is 0.797. The smallest absolute Gasteiger partial charge is 0.128 e. The Hall–Kier alpha value is -1.13.